The number of nitrogens with zero attached hydrogens (tertiary/aromatic N) is 2. The summed E-state index contributed by atoms with van der Waals surface area (Å²) >= 11 is 6.68. The SMILES string of the molecule is COc1ccc(-n2c(N)c(C(=O)N3CCCC3)sc2=S)c(OC)c1. The lowest BCUT2D eigenvalue weighted by Crippen LogP contribution is -2.27. The summed E-state index contributed by atoms with van der Waals surface area (Å²) in [5.41, 5.74) is 6.96. The van der Waals surface area contributed by atoms with E-state index in [1.165, 1.54) is 11.3 Å². The Hall–Kier alpha value is -2.06. The van der Waals surface area contributed by atoms with E-state index in [1.54, 1.807) is 30.9 Å². The Balaban J connectivity index is 2.07. The standard InChI is InChI=1S/C16H19N3O3S2/c1-21-10-5-6-11(12(9-10)22-2)19-14(17)13(24-16(19)23)15(20)18-7-3-4-8-18/h5-6,9H,3-4,7-8,17H2,1-2H3. The summed E-state index contributed by atoms with van der Waals surface area (Å²) in [6.45, 7) is 1.55. The van der Waals surface area contributed by atoms with Crippen LogP contribution in [0.3, 0.4) is 0 Å². The molecule has 0 aliphatic carbocycles. The number of hydrogen-bond acceptors (Lipinski definition) is 6. The van der Waals surface area contributed by atoms with E-state index in [4.69, 9.17) is 27.4 Å². The maximum absolute atomic E-state index is 12.7. The Labute approximate surface area is 149 Å². The number of hydrogen-bond donors (Lipinski definition) is 1. The molecule has 1 aliphatic heterocycles. The highest BCUT2D eigenvalue weighted by Crippen LogP contribution is 2.34. The highest BCUT2D eigenvalue weighted by atomic mass is 32.1. The molecular weight excluding hydrogens is 346 g/mol. The number of benzene rings is 1. The molecule has 0 radical (unpaired) electrons. The zero-order valence-corrected chi connectivity index (χ0v) is 15.2. The van der Waals surface area contributed by atoms with Gasteiger partial charge in [0.25, 0.3) is 5.91 Å². The second kappa shape index (κ2) is 6.82. The van der Waals surface area contributed by atoms with Crippen molar-refractivity contribution in [3.8, 4) is 17.2 Å². The highest BCUT2D eigenvalue weighted by molar-refractivity contribution is 7.73. The lowest BCUT2D eigenvalue weighted by molar-refractivity contribution is 0.0798. The number of anilines is 1. The van der Waals surface area contributed by atoms with Gasteiger partial charge in [0.2, 0.25) is 0 Å². The molecule has 0 saturated carbocycles. The Kier molecular flexibility index (Phi) is 4.77. The van der Waals surface area contributed by atoms with E-state index in [0.29, 0.717) is 31.8 Å². The minimum atomic E-state index is -0.0488. The lowest BCUT2D eigenvalue weighted by Gasteiger charge is -2.15. The van der Waals surface area contributed by atoms with E-state index in [9.17, 15) is 4.79 Å². The second-order valence-corrected chi connectivity index (χ2v) is 7.10. The zero-order chi connectivity index (χ0) is 17.3. The minimum Gasteiger partial charge on any atom is -0.497 e. The maximum Gasteiger partial charge on any atom is 0.267 e. The van der Waals surface area contributed by atoms with Crippen molar-refractivity contribution in [1.82, 2.24) is 9.47 Å². The molecule has 0 bridgehead atoms. The first-order chi connectivity index (χ1) is 11.6. The van der Waals surface area contributed by atoms with Gasteiger partial charge in [-0.15, -0.1) is 0 Å². The third-order valence-corrected chi connectivity index (χ3v) is 5.44. The van der Waals surface area contributed by atoms with Gasteiger partial charge >= 0.3 is 0 Å². The molecular formula is C16H19N3O3S2. The van der Waals surface area contributed by atoms with Crippen LogP contribution in [-0.2, 0) is 0 Å². The minimum absolute atomic E-state index is 0.0488. The molecule has 1 aromatic carbocycles. The number of likely N-dealkylation sites (tertiary alicyclic amines) is 1. The van der Waals surface area contributed by atoms with Crippen LogP contribution in [0.1, 0.15) is 22.5 Å². The molecule has 3 rings (SSSR count). The number of rotatable bonds is 4. The second-order valence-electron chi connectivity index (χ2n) is 5.45. The summed E-state index contributed by atoms with van der Waals surface area (Å²) in [5.74, 6) is 1.55. The van der Waals surface area contributed by atoms with Crippen LogP contribution in [0.15, 0.2) is 18.2 Å². The number of carbonyl (C=O) groups excluding carboxylic acids is 1. The monoisotopic (exact) mass is 365 g/mol. The molecule has 8 heteroatoms. The van der Waals surface area contributed by atoms with Gasteiger partial charge in [0.1, 0.15) is 22.2 Å². The molecule has 1 fully saturated rings. The number of methoxy groups -OCH3 is 2. The average Bonchev–Trinajstić information content (AvgIpc) is 3.22. The van der Waals surface area contributed by atoms with E-state index in [-0.39, 0.29) is 5.91 Å². The number of amides is 1. The van der Waals surface area contributed by atoms with Gasteiger partial charge in [-0.2, -0.15) is 0 Å². The molecule has 6 nitrogen and oxygen atoms in total. The number of nitrogen functional groups attached to an aromatic ring is 1. The fourth-order valence-electron chi connectivity index (χ4n) is 2.80. The van der Waals surface area contributed by atoms with Crippen molar-refractivity contribution in [3.05, 3.63) is 27.0 Å². The first kappa shape index (κ1) is 16.8. The van der Waals surface area contributed by atoms with Gasteiger partial charge < -0.3 is 20.1 Å². The van der Waals surface area contributed by atoms with Gasteiger partial charge in [-0.25, -0.2) is 0 Å². The fraction of sp³-hybridized carbons (Fsp3) is 0.375. The number of ether oxygens (including phenoxy) is 2. The lowest BCUT2D eigenvalue weighted by atomic mass is 10.2. The number of carbonyl (C=O) groups is 1. The average molecular weight is 365 g/mol. The summed E-state index contributed by atoms with van der Waals surface area (Å²) in [7, 11) is 3.16. The van der Waals surface area contributed by atoms with Crippen LogP contribution in [0.4, 0.5) is 5.82 Å². The summed E-state index contributed by atoms with van der Waals surface area (Å²) in [6, 6.07) is 5.38. The van der Waals surface area contributed by atoms with Crippen molar-refractivity contribution < 1.29 is 14.3 Å². The quantitative estimate of drug-likeness (QED) is 0.843. The molecule has 0 unspecified atom stereocenters. The fourth-order valence-corrected chi connectivity index (χ4v) is 4.12. The van der Waals surface area contributed by atoms with Crippen LogP contribution in [0, 0.1) is 3.95 Å². The van der Waals surface area contributed by atoms with Gasteiger partial charge in [0.05, 0.1) is 19.9 Å². The molecule has 1 aromatic heterocycles. The van der Waals surface area contributed by atoms with Crippen molar-refractivity contribution in [2.24, 2.45) is 0 Å². The normalized spacial score (nSPS) is 14.0. The van der Waals surface area contributed by atoms with E-state index in [0.717, 1.165) is 25.9 Å². The van der Waals surface area contributed by atoms with E-state index < -0.39 is 0 Å². The smallest absolute Gasteiger partial charge is 0.267 e. The van der Waals surface area contributed by atoms with E-state index >= 15 is 0 Å². The first-order valence-electron chi connectivity index (χ1n) is 7.59. The molecule has 2 N–H and O–H groups in total. The van der Waals surface area contributed by atoms with Crippen LogP contribution in [0.2, 0.25) is 0 Å². The van der Waals surface area contributed by atoms with Gasteiger partial charge in [0.15, 0.2) is 3.95 Å². The van der Waals surface area contributed by atoms with Crippen molar-refractivity contribution >= 4 is 35.3 Å². The van der Waals surface area contributed by atoms with Gasteiger partial charge in [-0.05, 0) is 37.2 Å². The zero-order valence-electron chi connectivity index (χ0n) is 13.6. The van der Waals surface area contributed by atoms with Crippen molar-refractivity contribution in [2.45, 2.75) is 12.8 Å². The summed E-state index contributed by atoms with van der Waals surface area (Å²) < 4.78 is 12.8. The highest BCUT2D eigenvalue weighted by Gasteiger charge is 2.26. The predicted octanol–water partition coefficient (Wildman–Crippen LogP) is 3.10. The molecule has 0 atom stereocenters. The molecule has 0 spiro atoms. The number of aromatic nitrogens is 1. The summed E-state index contributed by atoms with van der Waals surface area (Å²) in [4.78, 5) is 15.0. The van der Waals surface area contributed by atoms with Crippen molar-refractivity contribution in [2.75, 3.05) is 33.0 Å². The number of thiazole rings is 1. The number of nitrogens with two attached hydrogens (primary N) is 1. The van der Waals surface area contributed by atoms with E-state index in [1.807, 2.05) is 11.0 Å². The van der Waals surface area contributed by atoms with Crippen molar-refractivity contribution in [1.29, 1.82) is 0 Å². The third-order valence-electron chi connectivity index (χ3n) is 4.06. The Morgan fingerprint density at radius 3 is 2.58 bits per heavy atom. The first-order valence-corrected chi connectivity index (χ1v) is 8.82. The van der Waals surface area contributed by atoms with Gasteiger partial charge in [-0.3, -0.25) is 9.36 Å². The van der Waals surface area contributed by atoms with Gasteiger partial charge in [-0.1, -0.05) is 11.3 Å². The maximum atomic E-state index is 12.7. The largest absolute Gasteiger partial charge is 0.497 e. The Bertz CT molecular complexity index is 822. The van der Waals surface area contributed by atoms with Crippen molar-refractivity contribution in [3.63, 3.8) is 0 Å². The predicted molar refractivity (Wildman–Crippen MR) is 97.1 cm³/mol. The topological polar surface area (TPSA) is 69.7 Å². The van der Waals surface area contributed by atoms with E-state index in [2.05, 4.69) is 0 Å². The summed E-state index contributed by atoms with van der Waals surface area (Å²) in [5, 5.41) is 0. The molecule has 2 aromatic rings. The van der Waals surface area contributed by atoms with Gasteiger partial charge in [0, 0.05) is 19.2 Å². The molecule has 1 aliphatic rings. The molecule has 1 amide bonds. The molecule has 128 valence electrons. The van der Waals surface area contributed by atoms with Crippen LogP contribution < -0.4 is 15.2 Å². The third kappa shape index (κ3) is 2.87. The summed E-state index contributed by atoms with van der Waals surface area (Å²) in [6.07, 6.45) is 2.06. The van der Waals surface area contributed by atoms with Crippen LogP contribution in [0.25, 0.3) is 5.69 Å². The molecule has 2 heterocycles. The van der Waals surface area contributed by atoms with Crippen LogP contribution in [-0.4, -0.2) is 42.7 Å². The van der Waals surface area contributed by atoms with Crippen LogP contribution in [0.5, 0.6) is 11.5 Å². The Morgan fingerprint density at radius 2 is 1.96 bits per heavy atom. The van der Waals surface area contributed by atoms with Crippen LogP contribution >= 0.6 is 23.6 Å². The molecule has 1 saturated heterocycles. The Morgan fingerprint density at radius 1 is 1.25 bits per heavy atom. The molecule has 24 heavy (non-hydrogen) atoms.